The second-order valence-corrected chi connectivity index (χ2v) is 7.25. The number of carbonyl (C=O) groups is 3. The van der Waals surface area contributed by atoms with E-state index in [1.165, 1.54) is 0 Å². The van der Waals surface area contributed by atoms with Crippen LogP contribution < -0.4 is 26.6 Å². The highest BCUT2D eigenvalue weighted by molar-refractivity contribution is 6.01. The van der Waals surface area contributed by atoms with Crippen LogP contribution in [0.1, 0.15) is 39.0 Å². The molecular weight excluding hydrogens is 408 g/mol. The molecular formula is C19H32N6O6. The van der Waals surface area contributed by atoms with Crippen LogP contribution in [0.25, 0.3) is 0 Å². The molecule has 0 aliphatic carbocycles. The minimum absolute atomic E-state index is 0.0175. The quantitative estimate of drug-likeness (QED) is 0.209. The number of carboxylic acids is 1. The number of rotatable bonds is 13. The number of carbonyl (C=O) groups excluding carboxylic acids is 2. The van der Waals surface area contributed by atoms with E-state index in [2.05, 4.69) is 31.7 Å². The summed E-state index contributed by atoms with van der Waals surface area (Å²) in [4.78, 5) is 40.3. The van der Waals surface area contributed by atoms with E-state index in [9.17, 15) is 19.5 Å². The zero-order chi connectivity index (χ0) is 22.5. The molecule has 31 heavy (non-hydrogen) atoms. The van der Waals surface area contributed by atoms with Crippen molar-refractivity contribution in [3.63, 3.8) is 0 Å². The summed E-state index contributed by atoms with van der Waals surface area (Å²) in [6.07, 6.45) is 5.95. The summed E-state index contributed by atoms with van der Waals surface area (Å²) in [5, 5.41) is 27.6. The average molecular weight is 441 g/mol. The molecule has 12 nitrogen and oxygen atoms in total. The van der Waals surface area contributed by atoms with Crippen LogP contribution in [-0.4, -0.2) is 73.5 Å². The Labute approximate surface area is 181 Å². The number of carboxylic acid groups (broad SMARTS) is 1. The highest BCUT2D eigenvalue weighted by Crippen LogP contribution is 2.17. The lowest BCUT2D eigenvalue weighted by Crippen LogP contribution is -2.53. The lowest BCUT2D eigenvalue weighted by atomic mass is 10.1. The molecule has 0 saturated carbocycles. The van der Waals surface area contributed by atoms with E-state index in [-0.39, 0.29) is 37.9 Å². The highest BCUT2D eigenvalue weighted by Gasteiger charge is 2.25. The number of aliphatic carboxylic acids is 1. The fourth-order valence-electron chi connectivity index (χ4n) is 2.96. The molecule has 0 aromatic rings. The number of ether oxygens (including phenoxy) is 1. The molecule has 2 amide bonds. The molecule has 2 heterocycles. The Morgan fingerprint density at radius 1 is 1.42 bits per heavy atom. The van der Waals surface area contributed by atoms with Crippen LogP contribution in [0.5, 0.6) is 0 Å². The van der Waals surface area contributed by atoms with Gasteiger partial charge in [0.2, 0.25) is 5.91 Å². The lowest BCUT2D eigenvalue weighted by molar-refractivity contribution is -0.139. The lowest BCUT2D eigenvalue weighted by Gasteiger charge is -2.23. The van der Waals surface area contributed by atoms with Crippen LogP contribution in [-0.2, 0) is 19.2 Å². The van der Waals surface area contributed by atoms with Gasteiger partial charge in [0.1, 0.15) is 18.4 Å². The van der Waals surface area contributed by atoms with Gasteiger partial charge in [0.05, 0.1) is 18.7 Å². The largest absolute Gasteiger partial charge is 0.480 e. The Bertz CT molecular complexity index is 670. The van der Waals surface area contributed by atoms with Crippen molar-refractivity contribution in [3.8, 4) is 0 Å². The monoisotopic (exact) mass is 440 g/mol. The van der Waals surface area contributed by atoms with Gasteiger partial charge in [0.15, 0.2) is 0 Å². The van der Waals surface area contributed by atoms with Gasteiger partial charge < -0.3 is 30.6 Å². The number of hydrogen-bond acceptors (Lipinski definition) is 9. The van der Waals surface area contributed by atoms with E-state index >= 15 is 0 Å². The molecule has 0 aromatic carbocycles. The van der Waals surface area contributed by atoms with Crippen LogP contribution in [0.2, 0.25) is 0 Å². The summed E-state index contributed by atoms with van der Waals surface area (Å²) in [5.41, 5.74) is 0.610. The molecule has 12 heteroatoms. The first kappa shape index (κ1) is 24.4. The Morgan fingerprint density at radius 3 is 2.97 bits per heavy atom. The van der Waals surface area contributed by atoms with Gasteiger partial charge in [-0.1, -0.05) is 18.2 Å². The first-order chi connectivity index (χ1) is 15.0. The van der Waals surface area contributed by atoms with Gasteiger partial charge in [0, 0.05) is 19.5 Å². The first-order valence-corrected chi connectivity index (χ1v) is 10.5. The fourth-order valence-corrected chi connectivity index (χ4v) is 2.96. The van der Waals surface area contributed by atoms with Gasteiger partial charge in [-0.05, 0) is 32.0 Å². The molecule has 0 spiro atoms. The third-order valence-corrected chi connectivity index (χ3v) is 4.56. The molecule has 2 aliphatic rings. The molecule has 6 N–H and O–H groups in total. The topological polar surface area (TPSA) is 162 Å². The predicted molar refractivity (Wildman–Crippen MR) is 112 cm³/mol. The number of nitrogens with one attached hydrogen (secondary N) is 5. The first-order valence-electron chi connectivity index (χ1n) is 10.5. The summed E-state index contributed by atoms with van der Waals surface area (Å²) in [5.74, 6) is -1.65. The third-order valence-electron chi connectivity index (χ3n) is 4.56. The van der Waals surface area contributed by atoms with Gasteiger partial charge in [-0.2, -0.15) is 0 Å². The van der Waals surface area contributed by atoms with Crippen molar-refractivity contribution in [2.75, 3.05) is 26.2 Å². The van der Waals surface area contributed by atoms with E-state index in [1.54, 1.807) is 0 Å². The number of oxime groups is 1. The molecule has 0 saturated heterocycles. The molecule has 0 aromatic heterocycles. The Balaban J connectivity index is 1.59. The molecule has 174 valence electrons. The van der Waals surface area contributed by atoms with Crippen LogP contribution in [0.15, 0.2) is 17.4 Å². The number of amides is 2. The van der Waals surface area contributed by atoms with E-state index in [1.807, 2.05) is 19.2 Å². The fraction of sp³-hybridized carbons (Fsp3) is 0.684. The number of alkyl carbamates (subject to hydrolysis) is 1. The van der Waals surface area contributed by atoms with Crippen LogP contribution in [0.3, 0.4) is 0 Å². The maximum absolute atomic E-state index is 12.1. The molecule has 0 fully saturated rings. The molecule has 3 atom stereocenters. The second-order valence-electron chi connectivity index (χ2n) is 7.25. The van der Waals surface area contributed by atoms with Gasteiger partial charge in [-0.3, -0.25) is 15.4 Å². The van der Waals surface area contributed by atoms with Crippen LogP contribution in [0.4, 0.5) is 4.79 Å². The summed E-state index contributed by atoms with van der Waals surface area (Å²) in [6, 6.07) is -1.28. The van der Waals surface area contributed by atoms with Gasteiger partial charge >= 0.3 is 12.1 Å². The zero-order valence-electron chi connectivity index (χ0n) is 17.7. The molecule has 0 bridgehead atoms. The van der Waals surface area contributed by atoms with Crippen LogP contribution >= 0.6 is 0 Å². The van der Waals surface area contributed by atoms with Crippen molar-refractivity contribution in [2.24, 2.45) is 5.16 Å². The van der Waals surface area contributed by atoms with E-state index in [4.69, 9.17) is 9.57 Å². The summed E-state index contributed by atoms with van der Waals surface area (Å²) in [7, 11) is 0. The molecule has 0 radical (unpaired) electrons. The Hall–Kier alpha value is -2.86. The molecule has 2 rings (SSSR count). The summed E-state index contributed by atoms with van der Waals surface area (Å²) < 4.78 is 4.80. The van der Waals surface area contributed by atoms with Crippen molar-refractivity contribution >= 4 is 23.7 Å². The van der Waals surface area contributed by atoms with Crippen molar-refractivity contribution in [1.29, 1.82) is 0 Å². The molecule has 2 aliphatic heterocycles. The summed E-state index contributed by atoms with van der Waals surface area (Å²) in [6.45, 7) is 3.38. The summed E-state index contributed by atoms with van der Waals surface area (Å²) >= 11 is 0. The Morgan fingerprint density at radius 2 is 2.26 bits per heavy atom. The number of hydrogen-bond donors (Lipinski definition) is 6. The highest BCUT2D eigenvalue weighted by atomic mass is 16.6. The van der Waals surface area contributed by atoms with Crippen molar-refractivity contribution < 1.29 is 29.1 Å². The average Bonchev–Trinajstić information content (AvgIpc) is 3.20. The normalized spacial score (nSPS) is 20.7. The minimum atomic E-state index is -1.28. The maximum atomic E-state index is 12.1. The van der Waals surface area contributed by atoms with Gasteiger partial charge in [0.25, 0.3) is 0 Å². The number of nitrogens with zero attached hydrogens (tertiary/aromatic N) is 1. The zero-order valence-corrected chi connectivity index (χ0v) is 17.7. The van der Waals surface area contributed by atoms with Crippen molar-refractivity contribution in [2.45, 2.75) is 57.5 Å². The standard InChI is InChI=1S/C19H32N6O6/c1-2-9-30-19(29)24-15(17(27)28)12-23-16(26)11-13-10-14(31-25-13)5-3-6-20-18-21-7-4-8-22-18/h4,7,14-15,18,20-22H,2-3,5-6,8-12H2,1H3,(H,23,26)(H,24,29)(H,27,28). The minimum Gasteiger partial charge on any atom is -0.480 e. The molecule has 3 unspecified atom stereocenters. The SMILES string of the molecule is CCCOC(=O)NC(CNC(=O)CC1=NOC(CCCNC2NC=CCN2)C1)C(=O)O. The predicted octanol–water partition coefficient (Wildman–Crippen LogP) is -0.413. The third kappa shape index (κ3) is 9.66. The Kier molecular flexibility index (Phi) is 10.6. The van der Waals surface area contributed by atoms with Gasteiger partial charge in [-0.15, -0.1) is 0 Å². The van der Waals surface area contributed by atoms with Crippen LogP contribution in [0, 0.1) is 0 Å². The van der Waals surface area contributed by atoms with E-state index in [0.29, 0.717) is 18.6 Å². The van der Waals surface area contributed by atoms with Gasteiger partial charge in [-0.25, -0.2) is 9.59 Å². The van der Waals surface area contributed by atoms with E-state index < -0.39 is 18.1 Å². The smallest absolute Gasteiger partial charge is 0.407 e. The van der Waals surface area contributed by atoms with Crippen molar-refractivity contribution in [1.82, 2.24) is 26.6 Å². The maximum Gasteiger partial charge on any atom is 0.407 e. The van der Waals surface area contributed by atoms with Crippen molar-refractivity contribution in [3.05, 3.63) is 12.3 Å². The van der Waals surface area contributed by atoms with E-state index in [0.717, 1.165) is 25.9 Å². The second kappa shape index (κ2) is 13.4.